The number of fused-ring (bicyclic) bond motifs is 5. The second kappa shape index (κ2) is 6.17. The average Bonchev–Trinajstić information content (AvgIpc) is 3.38. The highest BCUT2D eigenvalue weighted by molar-refractivity contribution is 6.33. The molecule has 140 valence electrons. The fourth-order valence-corrected chi connectivity index (χ4v) is 4.39. The molecule has 1 aromatic heterocycles. The lowest BCUT2D eigenvalue weighted by Crippen LogP contribution is -2.12. The van der Waals surface area contributed by atoms with E-state index < -0.39 is 0 Å². The summed E-state index contributed by atoms with van der Waals surface area (Å²) in [5.41, 5.74) is 3.21. The molecule has 2 atom stereocenters. The number of hydrogen-bond donors (Lipinski definition) is 3. The average molecular weight is 393 g/mol. The first-order valence-electron chi connectivity index (χ1n) is 9.05. The Labute approximate surface area is 166 Å². The van der Waals surface area contributed by atoms with Crippen LogP contribution in [-0.4, -0.2) is 20.7 Å². The van der Waals surface area contributed by atoms with Gasteiger partial charge in [-0.1, -0.05) is 35.9 Å². The highest BCUT2D eigenvalue weighted by Crippen LogP contribution is 2.57. The van der Waals surface area contributed by atoms with Crippen molar-refractivity contribution in [3.63, 3.8) is 0 Å². The SMILES string of the molecule is O=C(Nc1ccccc1Cl)c1ccc(-n2c(O)c3c(c2O)[C@H]2C=C[C@@H]3C2)cc1. The third kappa shape index (κ3) is 2.43. The molecule has 5 nitrogen and oxygen atoms in total. The third-order valence-electron chi connectivity index (χ3n) is 5.53. The third-order valence-corrected chi connectivity index (χ3v) is 5.86. The zero-order valence-electron chi connectivity index (χ0n) is 14.8. The Morgan fingerprint density at radius 1 is 0.964 bits per heavy atom. The van der Waals surface area contributed by atoms with Gasteiger partial charge in [0.05, 0.1) is 16.4 Å². The van der Waals surface area contributed by atoms with Crippen LogP contribution in [-0.2, 0) is 0 Å². The maximum Gasteiger partial charge on any atom is 0.255 e. The van der Waals surface area contributed by atoms with Gasteiger partial charge in [-0.2, -0.15) is 0 Å². The number of aromatic nitrogens is 1. The molecule has 0 spiro atoms. The van der Waals surface area contributed by atoms with Gasteiger partial charge in [-0.15, -0.1) is 0 Å². The Morgan fingerprint density at radius 3 is 2.18 bits per heavy atom. The minimum Gasteiger partial charge on any atom is -0.494 e. The Hall–Kier alpha value is -3.18. The van der Waals surface area contributed by atoms with Gasteiger partial charge in [0.15, 0.2) is 0 Å². The van der Waals surface area contributed by atoms with Crippen LogP contribution in [0.1, 0.15) is 39.7 Å². The van der Waals surface area contributed by atoms with Crippen LogP contribution in [0.4, 0.5) is 5.69 Å². The van der Waals surface area contributed by atoms with Crippen LogP contribution in [0.3, 0.4) is 0 Å². The highest BCUT2D eigenvalue weighted by Gasteiger charge is 2.41. The normalized spacial score (nSPS) is 19.0. The van der Waals surface area contributed by atoms with Gasteiger partial charge >= 0.3 is 0 Å². The van der Waals surface area contributed by atoms with Crippen LogP contribution in [0.15, 0.2) is 60.7 Å². The van der Waals surface area contributed by atoms with Crippen molar-refractivity contribution in [2.45, 2.75) is 18.3 Å². The van der Waals surface area contributed by atoms with E-state index in [1.165, 1.54) is 4.57 Å². The molecule has 2 aliphatic rings. The van der Waals surface area contributed by atoms with Crippen LogP contribution >= 0.6 is 11.6 Å². The number of halogens is 1. The first-order valence-corrected chi connectivity index (χ1v) is 9.43. The topological polar surface area (TPSA) is 74.5 Å². The molecule has 2 aromatic carbocycles. The van der Waals surface area contributed by atoms with Crippen molar-refractivity contribution < 1.29 is 15.0 Å². The standard InChI is InChI=1S/C22H17ClN2O3/c23-16-3-1-2-4-17(16)24-20(26)12-7-9-15(10-8-12)25-21(27)18-13-5-6-14(11-13)19(18)22(25)28/h1-10,13-14,27-28H,11H2,(H,24,26)/t13-,14+. The molecule has 3 N–H and O–H groups in total. The second-order valence-corrected chi connectivity index (χ2v) is 7.53. The van der Waals surface area contributed by atoms with Crippen molar-refractivity contribution in [2.75, 3.05) is 5.32 Å². The van der Waals surface area contributed by atoms with E-state index in [1.807, 2.05) is 0 Å². The van der Waals surface area contributed by atoms with E-state index in [-0.39, 0.29) is 29.5 Å². The molecule has 0 radical (unpaired) electrons. The van der Waals surface area contributed by atoms with E-state index >= 15 is 0 Å². The number of para-hydroxylation sites is 1. The highest BCUT2D eigenvalue weighted by atomic mass is 35.5. The number of carbonyl (C=O) groups excluding carboxylic acids is 1. The Kier molecular flexibility index (Phi) is 3.74. The van der Waals surface area contributed by atoms with E-state index in [2.05, 4.69) is 17.5 Å². The summed E-state index contributed by atoms with van der Waals surface area (Å²) in [4.78, 5) is 12.5. The molecule has 0 aliphatic heterocycles. The van der Waals surface area contributed by atoms with Gasteiger partial charge in [-0.25, -0.2) is 0 Å². The van der Waals surface area contributed by atoms with Crippen LogP contribution in [0, 0.1) is 0 Å². The van der Waals surface area contributed by atoms with Gasteiger partial charge in [-0.05, 0) is 42.8 Å². The summed E-state index contributed by atoms with van der Waals surface area (Å²) in [5.74, 6) is 0.168. The molecule has 5 rings (SSSR count). The van der Waals surface area contributed by atoms with Crippen molar-refractivity contribution in [2.24, 2.45) is 0 Å². The fourth-order valence-electron chi connectivity index (χ4n) is 4.20. The Bertz CT molecular complexity index is 1100. The number of aromatic hydroxyl groups is 2. The summed E-state index contributed by atoms with van der Waals surface area (Å²) in [5, 5.41) is 24.6. The molecule has 2 bridgehead atoms. The van der Waals surface area contributed by atoms with Gasteiger partial charge in [0.1, 0.15) is 0 Å². The van der Waals surface area contributed by atoms with Gasteiger partial charge in [0.2, 0.25) is 11.8 Å². The summed E-state index contributed by atoms with van der Waals surface area (Å²) in [6.07, 6.45) is 5.07. The number of nitrogens with one attached hydrogen (secondary N) is 1. The number of amides is 1. The van der Waals surface area contributed by atoms with E-state index in [1.54, 1.807) is 48.5 Å². The zero-order valence-corrected chi connectivity index (χ0v) is 15.5. The molecular formula is C22H17ClN2O3. The van der Waals surface area contributed by atoms with Crippen LogP contribution in [0.5, 0.6) is 11.8 Å². The quantitative estimate of drug-likeness (QED) is 0.553. The van der Waals surface area contributed by atoms with Crippen molar-refractivity contribution in [3.05, 3.63) is 82.4 Å². The largest absolute Gasteiger partial charge is 0.494 e. The van der Waals surface area contributed by atoms with Crippen molar-refractivity contribution in [1.29, 1.82) is 0 Å². The number of carbonyl (C=O) groups is 1. The molecule has 0 saturated carbocycles. The number of hydrogen-bond acceptors (Lipinski definition) is 3. The van der Waals surface area contributed by atoms with E-state index in [0.717, 1.165) is 17.5 Å². The zero-order chi connectivity index (χ0) is 19.4. The smallest absolute Gasteiger partial charge is 0.255 e. The summed E-state index contributed by atoms with van der Waals surface area (Å²) in [7, 11) is 0. The Balaban J connectivity index is 1.44. The molecule has 6 heteroatoms. The monoisotopic (exact) mass is 392 g/mol. The predicted molar refractivity (Wildman–Crippen MR) is 108 cm³/mol. The Morgan fingerprint density at radius 2 is 1.57 bits per heavy atom. The van der Waals surface area contributed by atoms with E-state index in [4.69, 9.17) is 11.6 Å². The van der Waals surface area contributed by atoms with Crippen molar-refractivity contribution >= 4 is 23.2 Å². The second-order valence-electron chi connectivity index (χ2n) is 7.12. The molecule has 1 amide bonds. The first kappa shape index (κ1) is 17.0. The van der Waals surface area contributed by atoms with Crippen molar-refractivity contribution in [3.8, 4) is 17.4 Å². The first-order chi connectivity index (χ1) is 13.5. The number of anilines is 1. The minimum absolute atomic E-state index is 0.0672. The molecule has 3 aromatic rings. The summed E-state index contributed by atoms with van der Waals surface area (Å²) < 4.78 is 1.44. The van der Waals surface area contributed by atoms with Gasteiger partial charge in [-0.3, -0.25) is 9.36 Å². The summed E-state index contributed by atoms with van der Waals surface area (Å²) in [6, 6.07) is 13.7. The van der Waals surface area contributed by atoms with E-state index in [0.29, 0.717) is 22.0 Å². The molecule has 0 unspecified atom stereocenters. The molecule has 2 aliphatic carbocycles. The van der Waals surface area contributed by atoms with Gasteiger partial charge < -0.3 is 15.5 Å². The number of rotatable bonds is 3. The van der Waals surface area contributed by atoms with E-state index in [9.17, 15) is 15.0 Å². The summed E-state index contributed by atoms with van der Waals surface area (Å²) in [6.45, 7) is 0. The number of benzene rings is 2. The maximum atomic E-state index is 12.5. The lowest BCUT2D eigenvalue weighted by atomic mass is 10.0. The molecular weight excluding hydrogens is 376 g/mol. The molecule has 0 saturated heterocycles. The van der Waals surface area contributed by atoms with Crippen LogP contribution in [0.2, 0.25) is 5.02 Å². The molecule has 28 heavy (non-hydrogen) atoms. The molecule has 0 fully saturated rings. The van der Waals surface area contributed by atoms with Gasteiger partial charge in [0, 0.05) is 28.5 Å². The van der Waals surface area contributed by atoms with Gasteiger partial charge in [0.25, 0.3) is 5.91 Å². The van der Waals surface area contributed by atoms with Crippen LogP contribution < -0.4 is 5.32 Å². The maximum absolute atomic E-state index is 12.5. The van der Waals surface area contributed by atoms with Crippen LogP contribution in [0.25, 0.3) is 5.69 Å². The van der Waals surface area contributed by atoms with Crippen molar-refractivity contribution in [1.82, 2.24) is 4.57 Å². The number of allylic oxidation sites excluding steroid dienone is 2. The minimum atomic E-state index is -0.287. The lowest BCUT2D eigenvalue weighted by molar-refractivity contribution is 0.102. The summed E-state index contributed by atoms with van der Waals surface area (Å²) >= 11 is 6.08. The number of nitrogens with zero attached hydrogens (tertiary/aromatic N) is 1. The fraction of sp³-hybridized carbons (Fsp3) is 0.136. The lowest BCUT2D eigenvalue weighted by Gasteiger charge is -2.11. The molecule has 1 heterocycles. The predicted octanol–water partition coefficient (Wildman–Crippen LogP) is 4.93.